The minimum absolute atomic E-state index is 0.00415. The third-order valence-electron chi connectivity index (χ3n) is 6.99. The number of hydrazine groups is 1. The zero-order valence-electron chi connectivity index (χ0n) is 22.9. The van der Waals surface area contributed by atoms with E-state index in [-0.39, 0.29) is 28.8 Å². The van der Waals surface area contributed by atoms with Crippen molar-refractivity contribution in [3.05, 3.63) is 35.9 Å². The second-order valence-corrected chi connectivity index (χ2v) is 11.3. The number of amides is 3. The summed E-state index contributed by atoms with van der Waals surface area (Å²) in [5.41, 5.74) is 6.46. The minimum atomic E-state index is -0.685. The van der Waals surface area contributed by atoms with Gasteiger partial charge in [-0.15, -0.1) is 0 Å². The number of aryl methyl sites for hydroxylation is 1. The van der Waals surface area contributed by atoms with Crippen molar-refractivity contribution in [3.8, 4) is 0 Å². The summed E-state index contributed by atoms with van der Waals surface area (Å²) in [4.78, 5) is 45.6. The first-order valence-corrected chi connectivity index (χ1v) is 14.1. The molecule has 2 fully saturated rings. The smallest absolute Gasteiger partial charge is 0.270 e. The Kier molecular flexibility index (Phi) is 11.5. The molecule has 210 valence electrons. The number of thiocarbonyl (C=S) groups is 1. The second kappa shape index (κ2) is 14.6. The van der Waals surface area contributed by atoms with Crippen LogP contribution in [0.1, 0.15) is 71.8 Å². The van der Waals surface area contributed by atoms with E-state index in [9.17, 15) is 14.4 Å². The maximum absolute atomic E-state index is 13.6. The average molecular weight is 547 g/mol. The molecule has 1 unspecified atom stereocenters. The standard InChI is InChI=1S/C28H42N4O5S/c1-18(2)17-22(25(33)30-32-27(35)24(19(3)4)29-28(32)38)21(14-10-13-20-11-6-5-7-12-20)26(34)31-37-23-15-8-9-16-36-23/h5-7,11-12,18-19,21-24H,8-10,13-17H2,1-4H3,(H,29,38)(H,30,33)(H,31,34)/t21-,22+,23?,24-/m0/s1. The molecule has 0 aromatic heterocycles. The van der Waals surface area contributed by atoms with Crippen LogP contribution in [0.25, 0.3) is 0 Å². The van der Waals surface area contributed by atoms with E-state index in [1.165, 1.54) is 5.56 Å². The van der Waals surface area contributed by atoms with Gasteiger partial charge in [0.1, 0.15) is 6.04 Å². The summed E-state index contributed by atoms with van der Waals surface area (Å²) in [7, 11) is 0. The molecular formula is C28H42N4O5S. The number of carbonyl (C=O) groups is 3. The number of hydrogen-bond acceptors (Lipinski definition) is 6. The highest BCUT2D eigenvalue weighted by atomic mass is 32.1. The van der Waals surface area contributed by atoms with E-state index in [0.717, 1.165) is 24.3 Å². The fourth-order valence-corrected chi connectivity index (χ4v) is 5.16. The van der Waals surface area contributed by atoms with Crippen LogP contribution in [-0.4, -0.2) is 46.8 Å². The summed E-state index contributed by atoms with van der Waals surface area (Å²) in [6.45, 7) is 8.43. The molecule has 1 aromatic rings. The molecule has 0 spiro atoms. The summed E-state index contributed by atoms with van der Waals surface area (Å²) < 4.78 is 5.58. The van der Waals surface area contributed by atoms with E-state index in [4.69, 9.17) is 21.8 Å². The lowest BCUT2D eigenvalue weighted by atomic mass is 9.81. The molecule has 2 aliphatic rings. The fraction of sp³-hybridized carbons (Fsp3) is 0.643. The highest BCUT2D eigenvalue weighted by Crippen LogP contribution is 2.27. The van der Waals surface area contributed by atoms with Gasteiger partial charge in [-0.3, -0.25) is 19.8 Å². The molecule has 0 radical (unpaired) electrons. The molecule has 3 amide bonds. The van der Waals surface area contributed by atoms with Crippen LogP contribution >= 0.6 is 12.2 Å². The van der Waals surface area contributed by atoms with Crippen molar-refractivity contribution in [2.45, 2.75) is 85.0 Å². The molecule has 0 saturated carbocycles. The Morgan fingerprint density at radius 3 is 2.47 bits per heavy atom. The summed E-state index contributed by atoms with van der Waals surface area (Å²) in [5.74, 6) is -2.27. The van der Waals surface area contributed by atoms with Gasteiger partial charge in [-0.05, 0) is 68.1 Å². The van der Waals surface area contributed by atoms with E-state index in [0.29, 0.717) is 32.3 Å². The summed E-state index contributed by atoms with van der Waals surface area (Å²) in [5, 5.41) is 4.25. The molecule has 3 N–H and O–H groups in total. The first-order chi connectivity index (χ1) is 18.2. The van der Waals surface area contributed by atoms with Crippen LogP contribution in [0.3, 0.4) is 0 Å². The third kappa shape index (κ3) is 8.47. The van der Waals surface area contributed by atoms with Gasteiger partial charge in [0.15, 0.2) is 11.4 Å². The highest BCUT2D eigenvalue weighted by molar-refractivity contribution is 7.80. The molecule has 4 atom stereocenters. The van der Waals surface area contributed by atoms with Gasteiger partial charge in [0.25, 0.3) is 5.91 Å². The lowest BCUT2D eigenvalue weighted by Crippen LogP contribution is -2.52. The normalized spacial score (nSPS) is 21.4. The van der Waals surface area contributed by atoms with E-state index >= 15 is 0 Å². The molecule has 38 heavy (non-hydrogen) atoms. The predicted molar refractivity (Wildman–Crippen MR) is 148 cm³/mol. The largest absolute Gasteiger partial charge is 0.350 e. The zero-order chi connectivity index (χ0) is 27.7. The molecule has 10 heteroatoms. The van der Waals surface area contributed by atoms with Gasteiger partial charge in [-0.1, -0.05) is 58.0 Å². The fourth-order valence-electron chi connectivity index (χ4n) is 4.90. The molecule has 2 heterocycles. The predicted octanol–water partition coefficient (Wildman–Crippen LogP) is 3.63. The van der Waals surface area contributed by atoms with Gasteiger partial charge < -0.3 is 10.1 Å². The van der Waals surface area contributed by atoms with Crippen LogP contribution in [0, 0.1) is 23.7 Å². The summed E-state index contributed by atoms with van der Waals surface area (Å²) in [6, 6.07) is 9.54. The Balaban J connectivity index is 1.75. The second-order valence-electron chi connectivity index (χ2n) is 10.9. The number of nitrogens with one attached hydrogen (secondary N) is 3. The SMILES string of the molecule is CC(C)C[C@@H](C(=O)NN1C(=O)[C@H](C(C)C)NC1=S)[C@H](CCCc1ccccc1)C(=O)NOC1CCCCO1. The van der Waals surface area contributed by atoms with Crippen molar-refractivity contribution < 1.29 is 24.0 Å². The molecule has 0 bridgehead atoms. The van der Waals surface area contributed by atoms with Gasteiger partial charge in [0.2, 0.25) is 11.8 Å². The van der Waals surface area contributed by atoms with Crippen LogP contribution in [0.5, 0.6) is 0 Å². The van der Waals surface area contributed by atoms with Gasteiger partial charge in [0, 0.05) is 13.0 Å². The number of ether oxygens (including phenoxy) is 1. The van der Waals surface area contributed by atoms with Gasteiger partial charge in [0.05, 0.1) is 11.8 Å². The Morgan fingerprint density at radius 2 is 1.87 bits per heavy atom. The van der Waals surface area contributed by atoms with Crippen molar-refractivity contribution in [1.82, 2.24) is 21.2 Å². The van der Waals surface area contributed by atoms with E-state index in [2.05, 4.69) is 28.4 Å². The van der Waals surface area contributed by atoms with Crippen molar-refractivity contribution in [2.24, 2.45) is 23.7 Å². The topological polar surface area (TPSA) is 109 Å². The Bertz CT molecular complexity index is 952. The molecule has 9 nitrogen and oxygen atoms in total. The molecule has 1 aromatic carbocycles. The van der Waals surface area contributed by atoms with E-state index in [1.807, 2.05) is 45.9 Å². The average Bonchev–Trinajstić information content (AvgIpc) is 3.18. The molecule has 2 saturated heterocycles. The zero-order valence-corrected chi connectivity index (χ0v) is 23.7. The lowest BCUT2D eigenvalue weighted by Gasteiger charge is -2.29. The molecule has 2 aliphatic heterocycles. The van der Waals surface area contributed by atoms with E-state index < -0.39 is 30.1 Å². The Hall–Kier alpha value is -2.56. The molecule has 0 aliphatic carbocycles. The summed E-state index contributed by atoms with van der Waals surface area (Å²) >= 11 is 5.33. The van der Waals surface area contributed by atoms with Crippen LogP contribution < -0.4 is 16.2 Å². The number of hydroxylamine groups is 1. The van der Waals surface area contributed by atoms with Crippen LogP contribution in [0.2, 0.25) is 0 Å². The van der Waals surface area contributed by atoms with Crippen molar-refractivity contribution in [1.29, 1.82) is 0 Å². The maximum atomic E-state index is 13.6. The number of hydrogen-bond donors (Lipinski definition) is 3. The maximum Gasteiger partial charge on any atom is 0.270 e. The van der Waals surface area contributed by atoms with Crippen molar-refractivity contribution >= 4 is 35.1 Å². The van der Waals surface area contributed by atoms with Gasteiger partial charge in [-0.25, -0.2) is 10.3 Å². The number of nitrogens with zero attached hydrogens (tertiary/aromatic N) is 1. The van der Waals surface area contributed by atoms with Crippen LogP contribution in [0.4, 0.5) is 0 Å². The van der Waals surface area contributed by atoms with Gasteiger partial charge in [-0.2, -0.15) is 5.01 Å². The number of rotatable bonds is 13. The first-order valence-electron chi connectivity index (χ1n) is 13.7. The monoisotopic (exact) mass is 546 g/mol. The van der Waals surface area contributed by atoms with E-state index in [1.54, 1.807) is 0 Å². The quantitative estimate of drug-likeness (QED) is 0.256. The van der Waals surface area contributed by atoms with Crippen LogP contribution in [-0.2, 0) is 30.4 Å². The lowest BCUT2D eigenvalue weighted by molar-refractivity contribution is -0.203. The Morgan fingerprint density at radius 1 is 1.13 bits per heavy atom. The number of carbonyl (C=O) groups excluding carboxylic acids is 3. The Labute approximate surface area is 231 Å². The molecular weight excluding hydrogens is 504 g/mol. The van der Waals surface area contributed by atoms with Crippen molar-refractivity contribution in [2.75, 3.05) is 6.61 Å². The number of benzene rings is 1. The van der Waals surface area contributed by atoms with Gasteiger partial charge >= 0.3 is 0 Å². The highest BCUT2D eigenvalue weighted by Gasteiger charge is 2.41. The first kappa shape index (κ1) is 30.0. The molecule has 3 rings (SSSR count). The third-order valence-corrected chi connectivity index (χ3v) is 7.29. The summed E-state index contributed by atoms with van der Waals surface area (Å²) in [6.07, 6.45) is 4.58. The van der Waals surface area contributed by atoms with Crippen molar-refractivity contribution in [3.63, 3.8) is 0 Å². The van der Waals surface area contributed by atoms with Crippen LogP contribution in [0.15, 0.2) is 30.3 Å². The minimum Gasteiger partial charge on any atom is -0.350 e.